The first-order chi connectivity index (χ1) is 15.2. The summed E-state index contributed by atoms with van der Waals surface area (Å²) in [7, 11) is 0. The molecule has 0 bridgehead atoms. The summed E-state index contributed by atoms with van der Waals surface area (Å²) in [5, 5.41) is 31.9. The summed E-state index contributed by atoms with van der Waals surface area (Å²) in [6.07, 6.45) is 0. The minimum absolute atomic E-state index is 0.000326. The van der Waals surface area contributed by atoms with Crippen LogP contribution in [0.4, 0.5) is 11.4 Å². The highest BCUT2D eigenvalue weighted by molar-refractivity contribution is 6.35. The normalized spacial score (nSPS) is 12.6. The molecule has 0 aromatic heterocycles. The van der Waals surface area contributed by atoms with Crippen molar-refractivity contribution in [3.05, 3.63) is 98.6 Å². The topological polar surface area (TPSA) is 158 Å². The van der Waals surface area contributed by atoms with Crippen LogP contribution in [0.3, 0.4) is 0 Å². The number of carbonyl (C=O) groups is 4. The number of carboxylic acids is 1. The Morgan fingerprint density at radius 1 is 0.875 bits per heavy atom. The van der Waals surface area contributed by atoms with Gasteiger partial charge < -0.3 is 10.2 Å². The molecule has 0 spiro atoms. The lowest BCUT2D eigenvalue weighted by atomic mass is 9.99. The van der Waals surface area contributed by atoms with Crippen molar-refractivity contribution in [3.63, 3.8) is 0 Å². The van der Waals surface area contributed by atoms with Gasteiger partial charge in [-0.25, -0.2) is 9.69 Å². The lowest BCUT2D eigenvalue weighted by Crippen LogP contribution is -2.29. The van der Waals surface area contributed by atoms with E-state index in [2.05, 4.69) is 0 Å². The summed E-state index contributed by atoms with van der Waals surface area (Å²) >= 11 is 0. The second-order valence-corrected chi connectivity index (χ2v) is 6.83. The number of imide groups is 1. The fraction of sp³-hybridized carbons (Fsp3) is 0. The zero-order valence-electron chi connectivity index (χ0n) is 16.0. The Morgan fingerprint density at radius 2 is 1.56 bits per heavy atom. The van der Waals surface area contributed by atoms with Crippen LogP contribution in [0.5, 0.6) is 5.75 Å². The Kier molecular flexibility index (Phi) is 4.74. The van der Waals surface area contributed by atoms with E-state index in [1.807, 2.05) is 0 Å². The monoisotopic (exact) mass is 431 g/mol. The molecular formula is C22H11N2O8-. The summed E-state index contributed by atoms with van der Waals surface area (Å²) in [4.78, 5) is 60.4. The maximum atomic E-state index is 12.9. The number of nitro groups is 1. The molecule has 1 aliphatic rings. The second kappa shape index (κ2) is 7.43. The number of rotatable bonds is 5. The van der Waals surface area contributed by atoms with Gasteiger partial charge in [0.1, 0.15) is 0 Å². The number of hydrogen-bond donors (Lipinski definition) is 1. The SMILES string of the molecule is O=C(c1cccc([N+](=O)[O-])c1)c1ccc2c(c1)C(=O)N(c1ccc(C(=O)O)c([O-])c1)C2=O. The average Bonchev–Trinajstić information content (AvgIpc) is 3.02. The second-order valence-electron chi connectivity index (χ2n) is 6.83. The number of benzene rings is 3. The van der Waals surface area contributed by atoms with Crippen molar-refractivity contribution in [2.24, 2.45) is 0 Å². The number of nitro benzene ring substituents is 1. The maximum absolute atomic E-state index is 12.9. The van der Waals surface area contributed by atoms with Gasteiger partial charge in [-0.15, -0.1) is 0 Å². The number of non-ortho nitro benzene ring substituents is 1. The molecule has 10 heteroatoms. The van der Waals surface area contributed by atoms with Crippen LogP contribution in [0.15, 0.2) is 60.7 Å². The first-order valence-electron chi connectivity index (χ1n) is 9.05. The Labute approximate surface area is 179 Å². The third-order valence-corrected chi connectivity index (χ3v) is 4.92. The van der Waals surface area contributed by atoms with E-state index >= 15 is 0 Å². The van der Waals surface area contributed by atoms with Gasteiger partial charge in [-0.2, -0.15) is 0 Å². The quantitative estimate of drug-likeness (QED) is 0.279. The van der Waals surface area contributed by atoms with Crippen LogP contribution in [-0.4, -0.2) is 33.6 Å². The molecule has 1 heterocycles. The first kappa shape index (κ1) is 20.4. The van der Waals surface area contributed by atoms with E-state index in [0.717, 1.165) is 23.1 Å². The Bertz CT molecular complexity index is 1360. The lowest BCUT2D eigenvalue weighted by Gasteiger charge is -2.18. The molecule has 0 saturated carbocycles. The number of anilines is 1. The predicted molar refractivity (Wildman–Crippen MR) is 107 cm³/mol. The summed E-state index contributed by atoms with van der Waals surface area (Å²) in [6, 6.07) is 11.9. The van der Waals surface area contributed by atoms with Gasteiger partial charge in [0.15, 0.2) is 5.78 Å². The number of carboxylic acid groups (broad SMARTS) is 1. The fourth-order valence-corrected chi connectivity index (χ4v) is 3.37. The van der Waals surface area contributed by atoms with Crippen LogP contribution >= 0.6 is 0 Å². The number of nitrogens with zero attached hydrogens (tertiary/aromatic N) is 2. The highest BCUT2D eigenvalue weighted by Crippen LogP contribution is 2.32. The molecule has 1 aliphatic heterocycles. The van der Waals surface area contributed by atoms with Crippen molar-refractivity contribution in [1.82, 2.24) is 0 Å². The van der Waals surface area contributed by atoms with E-state index in [1.54, 1.807) is 0 Å². The van der Waals surface area contributed by atoms with Crippen LogP contribution < -0.4 is 10.0 Å². The van der Waals surface area contributed by atoms with Gasteiger partial charge in [-0.05, 0) is 30.3 Å². The number of hydrogen-bond acceptors (Lipinski definition) is 7. The van der Waals surface area contributed by atoms with Crippen LogP contribution in [0.25, 0.3) is 0 Å². The van der Waals surface area contributed by atoms with Gasteiger partial charge in [0.25, 0.3) is 17.5 Å². The summed E-state index contributed by atoms with van der Waals surface area (Å²) in [6.45, 7) is 0. The molecule has 4 rings (SSSR count). The fourth-order valence-electron chi connectivity index (χ4n) is 3.37. The molecule has 0 radical (unpaired) electrons. The third-order valence-electron chi connectivity index (χ3n) is 4.92. The molecule has 0 unspecified atom stereocenters. The Balaban J connectivity index is 1.70. The molecule has 3 aromatic carbocycles. The first-order valence-corrected chi connectivity index (χ1v) is 9.05. The number of carbonyl (C=O) groups excluding carboxylic acids is 3. The van der Waals surface area contributed by atoms with E-state index in [0.29, 0.717) is 0 Å². The van der Waals surface area contributed by atoms with E-state index in [1.165, 1.54) is 42.5 Å². The molecule has 0 fully saturated rings. The molecular weight excluding hydrogens is 420 g/mol. The van der Waals surface area contributed by atoms with E-state index in [4.69, 9.17) is 5.11 Å². The standard InChI is InChI=1S/C22H12N2O8/c25-18-10-13(5-7-16(18)22(29)30)23-20(27)15-6-4-12(9-17(15)21(23)28)19(26)11-2-1-3-14(8-11)24(31)32/h1-10,25H,(H,29,30)/p-1. The minimum Gasteiger partial charge on any atom is -0.872 e. The van der Waals surface area contributed by atoms with Crippen molar-refractivity contribution < 1.29 is 34.3 Å². The number of amides is 2. The van der Waals surface area contributed by atoms with Crippen molar-refractivity contribution in [2.75, 3.05) is 4.90 Å². The predicted octanol–water partition coefficient (Wildman–Crippen LogP) is 2.40. The van der Waals surface area contributed by atoms with Crippen molar-refractivity contribution in [1.29, 1.82) is 0 Å². The summed E-state index contributed by atoms with van der Waals surface area (Å²) in [5.74, 6) is -4.41. The molecule has 3 aromatic rings. The van der Waals surface area contributed by atoms with Gasteiger partial charge in [-0.3, -0.25) is 24.5 Å². The molecule has 0 aliphatic carbocycles. The smallest absolute Gasteiger partial charge is 0.335 e. The average molecular weight is 431 g/mol. The van der Waals surface area contributed by atoms with Gasteiger partial charge in [0.05, 0.1) is 27.3 Å². The molecule has 0 atom stereocenters. The number of aromatic carboxylic acids is 1. The van der Waals surface area contributed by atoms with E-state index in [9.17, 15) is 34.4 Å². The largest absolute Gasteiger partial charge is 0.872 e. The molecule has 1 N–H and O–H groups in total. The number of ketones is 1. The zero-order valence-corrected chi connectivity index (χ0v) is 16.0. The van der Waals surface area contributed by atoms with Crippen molar-refractivity contribution >= 4 is 34.9 Å². The lowest BCUT2D eigenvalue weighted by molar-refractivity contribution is -0.384. The van der Waals surface area contributed by atoms with Crippen LogP contribution in [0, 0.1) is 10.1 Å². The minimum atomic E-state index is -1.44. The van der Waals surface area contributed by atoms with Gasteiger partial charge in [0.2, 0.25) is 0 Å². The van der Waals surface area contributed by atoms with Gasteiger partial charge in [0, 0.05) is 23.3 Å². The molecule has 158 valence electrons. The maximum Gasteiger partial charge on any atom is 0.335 e. The van der Waals surface area contributed by atoms with E-state index in [-0.39, 0.29) is 33.6 Å². The zero-order chi connectivity index (χ0) is 23.2. The van der Waals surface area contributed by atoms with Crippen molar-refractivity contribution in [3.8, 4) is 5.75 Å². The van der Waals surface area contributed by atoms with Crippen LogP contribution in [-0.2, 0) is 0 Å². The molecule has 2 amide bonds. The highest BCUT2D eigenvalue weighted by atomic mass is 16.6. The Morgan fingerprint density at radius 3 is 2.22 bits per heavy atom. The van der Waals surface area contributed by atoms with E-state index < -0.39 is 39.8 Å². The Hall–Kier alpha value is -4.86. The highest BCUT2D eigenvalue weighted by Gasteiger charge is 2.37. The summed E-state index contributed by atoms with van der Waals surface area (Å²) in [5.41, 5.74) is -0.881. The van der Waals surface area contributed by atoms with Gasteiger partial charge in [-0.1, -0.05) is 23.9 Å². The summed E-state index contributed by atoms with van der Waals surface area (Å²) < 4.78 is 0. The van der Waals surface area contributed by atoms with Crippen molar-refractivity contribution in [2.45, 2.75) is 0 Å². The molecule has 0 saturated heterocycles. The third kappa shape index (κ3) is 3.25. The molecule has 32 heavy (non-hydrogen) atoms. The molecule has 10 nitrogen and oxygen atoms in total. The number of fused-ring (bicyclic) bond motifs is 1. The van der Waals surface area contributed by atoms with Crippen LogP contribution in [0.2, 0.25) is 0 Å². The van der Waals surface area contributed by atoms with Gasteiger partial charge >= 0.3 is 5.97 Å². The van der Waals surface area contributed by atoms with Crippen LogP contribution in [0.1, 0.15) is 47.0 Å².